The first-order valence-corrected chi connectivity index (χ1v) is 17.2. The molecule has 0 unspecified atom stereocenters. The molecular formula is C46H29NS. The number of benzene rings is 8. The molecule has 1 nitrogen and oxygen atoms in total. The van der Waals surface area contributed by atoms with E-state index in [2.05, 4.69) is 180 Å². The SMILES string of the molecule is c1ccc(-c2cc(-c3ccccc3)cc(-c3cccc(-n4c5ccccc5c5c6ccc7sc8ccccc8c7c6ccc54)c3)c2)cc1. The molecule has 224 valence electrons. The fourth-order valence-corrected chi connectivity index (χ4v) is 8.71. The van der Waals surface area contributed by atoms with Crippen molar-refractivity contribution in [2.75, 3.05) is 0 Å². The van der Waals surface area contributed by atoms with Gasteiger partial charge in [0.25, 0.3) is 0 Å². The van der Waals surface area contributed by atoms with Crippen LogP contribution in [0.5, 0.6) is 0 Å². The van der Waals surface area contributed by atoms with E-state index >= 15 is 0 Å². The Hall–Kier alpha value is -5.96. The van der Waals surface area contributed by atoms with Crippen molar-refractivity contribution in [3.63, 3.8) is 0 Å². The van der Waals surface area contributed by atoms with Crippen LogP contribution in [0.1, 0.15) is 0 Å². The second kappa shape index (κ2) is 10.8. The standard InChI is InChI=1S/C46H29NS/c1-3-12-30(13-4-1)33-26-34(31-14-5-2-6-15-31)28-35(27-33)32-16-11-17-36(29-32)47-41-20-9-7-18-39(41)45-37-23-25-44-46(38(37)22-24-42(45)47)40-19-8-10-21-43(40)48-44/h1-29H. The minimum absolute atomic E-state index is 1.16. The molecule has 10 rings (SSSR count). The second-order valence-electron chi connectivity index (χ2n) is 12.5. The summed E-state index contributed by atoms with van der Waals surface area (Å²) >= 11 is 1.88. The molecule has 0 radical (unpaired) electrons. The number of hydrogen-bond acceptors (Lipinski definition) is 1. The van der Waals surface area contributed by atoms with Crippen LogP contribution in [0, 0.1) is 0 Å². The highest BCUT2D eigenvalue weighted by Crippen LogP contribution is 2.43. The van der Waals surface area contributed by atoms with Crippen LogP contribution >= 0.6 is 11.3 Å². The van der Waals surface area contributed by atoms with Crippen molar-refractivity contribution in [3.8, 4) is 39.1 Å². The summed E-state index contributed by atoms with van der Waals surface area (Å²) in [5, 5.41) is 7.91. The first kappa shape index (κ1) is 27.2. The number of rotatable bonds is 4. The van der Waals surface area contributed by atoms with Crippen molar-refractivity contribution in [1.82, 2.24) is 4.57 Å². The van der Waals surface area contributed by atoms with Gasteiger partial charge in [-0.05, 0) is 98.8 Å². The summed E-state index contributed by atoms with van der Waals surface area (Å²) in [5.74, 6) is 0. The maximum Gasteiger partial charge on any atom is 0.0547 e. The van der Waals surface area contributed by atoms with E-state index in [1.165, 1.54) is 86.1 Å². The van der Waals surface area contributed by atoms with Gasteiger partial charge in [-0.15, -0.1) is 11.3 Å². The number of hydrogen-bond donors (Lipinski definition) is 0. The molecule has 0 atom stereocenters. The summed E-state index contributed by atoms with van der Waals surface area (Å²) in [4.78, 5) is 0. The Bertz CT molecular complexity index is 2760. The van der Waals surface area contributed by atoms with E-state index in [0.29, 0.717) is 0 Å². The van der Waals surface area contributed by atoms with Gasteiger partial charge in [0.05, 0.1) is 11.0 Å². The van der Waals surface area contributed by atoms with Crippen LogP contribution < -0.4 is 0 Å². The van der Waals surface area contributed by atoms with Crippen LogP contribution in [0.2, 0.25) is 0 Å². The van der Waals surface area contributed by atoms with Crippen molar-refractivity contribution in [2.45, 2.75) is 0 Å². The lowest BCUT2D eigenvalue weighted by atomic mass is 9.93. The maximum absolute atomic E-state index is 2.45. The maximum atomic E-state index is 2.45. The molecule has 0 amide bonds. The minimum atomic E-state index is 1.16. The topological polar surface area (TPSA) is 4.93 Å². The Morgan fingerprint density at radius 3 is 1.65 bits per heavy atom. The summed E-state index contributed by atoms with van der Waals surface area (Å²) in [6.07, 6.45) is 0. The predicted molar refractivity (Wildman–Crippen MR) is 207 cm³/mol. The summed E-state index contributed by atoms with van der Waals surface area (Å²) in [5.41, 5.74) is 10.9. The van der Waals surface area contributed by atoms with Gasteiger partial charge in [0.15, 0.2) is 0 Å². The highest BCUT2D eigenvalue weighted by molar-refractivity contribution is 7.26. The van der Waals surface area contributed by atoms with Gasteiger partial charge in [-0.1, -0.05) is 121 Å². The predicted octanol–water partition coefficient (Wildman–Crippen LogP) is 13.3. The van der Waals surface area contributed by atoms with E-state index in [0.717, 1.165) is 5.69 Å². The molecule has 2 aromatic heterocycles. The molecule has 48 heavy (non-hydrogen) atoms. The zero-order valence-corrected chi connectivity index (χ0v) is 26.9. The summed E-state index contributed by atoms with van der Waals surface area (Å²) in [6, 6.07) is 64.4. The molecule has 0 saturated heterocycles. The highest BCUT2D eigenvalue weighted by atomic mass is 32.1. The van der Waals surface area contributed by atoms with Gasteiger partial charge in [0.1, 0.15) is 0 Å². The lowest BCUT2D eigenvalue weighted by molar-refractivity contribution is 1.18. The Labute approximate surface area is 282 Å². The molecule has 0 fully saturated rings. The lowest BCUT2D eigenvalue weighted by Gasteiger charge is -2.14. The molecule has 0 bridgehead atoms. The Balaban J connectivity index is 1.20. The third-order valence-corrected chi connectivity index (χ3v) is 10.9. The van der Waals surface area contributed by atoms with Gasteiger partial charge < -0.3 is 4.57 Å². The molecule has 0 N–H and O–H groups in total. The second-order valence-corrected chi connectivity index (χ2v) is 13.6. The van der Waals surface area contributed by atoms with Crippen molar-refractivity contribution in [2.24, 2.45) is 0 Å². The fourth-order valence-electron chi connectivity index (χ4n) is 7.59. The quantitative estimate of drug-likeness (QED) is 0.183. The van der Waals surface area contributed by atoms with Crippen LogP contribution in [-0.4, -0.2) is 4.57 Å². The summed E-state index contributed by atoms with van der Waals surface area (Å²) in [6.45, 7) is 0. The largest absolute Gasteiger partial charge is 0.309 e. The van der Waals surface area contributed by atoms with Crippen LogP contribution in [-0.2, 0) is 0 Å². The number of fused-ring (bicyclic) bond motifs is 9. The van der Waals surface area contributed by atoms with E-state index in [-0.39, 0.29) is 0 Å². The van der Waals surface area contributed by atoms with E-state index in [4.69, 9.17) is 0 Å². The molecule has 0 aliphatic rings. The average molecular weight is 628 g/mol. The van der Waals surface area contributed by atoms with Crippen LogP contribution in [0.3, 0.4) is 0 Å². The van der Waals surface area contributed by atoms with Crippen molar-refractivity contribution in [1.29, 1.82) is 0 Å². The van der Waals surface area contributed by atoms with E-state index in [1.54, 1.807) is 0 Å². The Morgan fingerprint density at radius 2 is 0.896 bits per heavy atom. The molecule has 2 heterocycles. The third kappa shape index (κ3) is 4.24. The van der Waals surface area contributed by atoms with Gasteiger partial charge in [-0.3, -0.25) is 0 Å². The van der Waals surface area contributed by atoms with Gasteiger partial charge in [-0.2, -0.15) is 0 Å². The van der Waals surface area contributed by atoms with Crippen LogP contribution in [0.4, 0.5) is 0 Å². The zero-order valence-electron chi connectivity index (χ0n) is 26.1. The monoisotopic (exact) mass is 627 g/mol. The fraction of sp³-hybridized carbons (Fsp3) is 0. The molecule has 0 saturated carbocycles. The molecule has 2 heteroatoms. The normalized spacial score (nSPS) is 11.8. The van der Waals surface area contributed by atoms with Crippen LogP contribution in [0.15, 0.2) is 176 Å². The van der Waals surface area contributed by atoms with Gasteiger partial charge >= 0.3 is 0 Å². The van der Waals surface area contributed by atoms with Crippen molar-refractivity contribution in [3.05, 3.63) is 176 Å². The summed E-state index contributed by atoms with van der Waals surface area (Å²) in [7, 11) is 0. The number of thiophene rings is 1. The molecule has 0 spiro atoms. The van der Waals surface area contributed by atoms with Crippen molar-refractivity contribution >= 4 is 64.1 Å². The molecule has 0 aliphatic heterocycles. The molecule has 0 aliphatic carbocycles. The van der Waals surface area contributed by atoms with Gasteiger partial charge in [0.2, 0.25) is 0 Å². The van der Waals surface area contributed by atoms with E-state index in [9.17, 15) is 0 Å². The van der Waals surface area contributed by atoms with E-state index < -0.39 is 0 Å². The minimum Gasteiger partial charge on any atom is -0.309 e. The zero-order chi connectivity index (χ0) is 31.6. The lowest BCUT2D eigenvalue weighted by Crippen LogP contribution is -1.94. The third-order valence-electron chi connectivity index (χ3n) is 9.76. The van der Waals surface area contributed by atoms with Crippen molar-refractivity contribution < 1.29 is 0 Å². The molecule has 8 aromatic carbocycles. The number of para-hydroxylation sites is 1. The number of nitrogens with zero attached hydrogens (tertiary/aromatic N) is 1. The first-order chi connectivity index (χ1) is 23.8. The molecule has 10 aromatic rings. The Kier molecular flexibility index (Phi) is 6.12. The first-order valence-electron chi connectivity index (χ1n) is 16.4. The van der Waals surface area contributed by atoms with Crippen LogP contribution in [0.25, 0.3) is 91.8 Å². The Morgan fingerprint density at radius 1 is 0.312 bits per heavy atom. The summed E-state index contributed by atoms with van der Waals surface area (Å²) < 4.78 is 5.13. The van der Waals surface area contributed by atoms with Gasteiger partial charge in [0, 0.05) is 36.6 Å². The van der Waals surface area contributed by atoms with E-state index in [1.807, 2.05) is 11.3 Å². The average Bonchev–Trinajstić information content (AvgIpc) is 3.72. The smallest absolute Gasteiger partial charge is 0.0547 e. The number of aromatic nitrogens is 1. The molecular weight excluding hydrogens is 599 g/mol. The van der Waals surface area contributed by atoms with Gasteiger partial charge in [-0.25, -0.2) is 0 Å². The highest BCUT2D eigenvalue weighted by Gasteiger charge is 2.18.